The number of hydrazone groups is 1. The Morgan fingerprint density at radius 3 is 2.61 bits per heavy atom. The molecule has 0 radical (unpaired) electrons. The predicted octanol–water partition coefficient (Wildman–Crippen LogP) is 4.75. The van der Waals surface area contributed by atoms with Gasteiger partial charge in [0.25, 0.3) is 11.6 Å². The maximum atomic E-state index is 12.4. The molecule has 3 aromatic carbocycles. The Balaban J connectivity index is 1.50. The van der Waals surface area contributed by atoms with E-state index in [-0.39, 0.29) is 16.5 Å². The highest BCUT2D eigenvalue weighted by Gasteiger charge is 2.17. The molecule has 0 saturated heterocycles. The van der Waals surface area contributed by atoms with Gasteiger partial charge in [-0.15, -0.1) is 10.2 Å². The average molecular weight is 523 g/mol. The van der Waals surface area contributed by atoms with Gasteiger partial charge in [0.1, 0.15) is 5.75 Å². The Hall–Kier alpha value is -4.22. The number of thioether (sulfide) groups is 1. The third-order valence-electron chi connectivity index (χ3n) is 4.91. The molecule has 12 heteroatoms. The van der Waals surface area contributed by atoms with Crippen LogP contribution < -0.4 is 10.2 Å². The van der Waals surface area contributed by atoms with E-state index in [2.05, 4.69) is 20.7 Å². The van der Waals surface area contributed by atoms with Crippen molar-refractivity contribution in [1.29, 1.82) is 0 Å². The number of halogens is 1. The second-order valence-corrected chi connectivity index (χ2v) is 8.60. The van der Waals surface area contributed by atoms with Crippen molar-refractivity contribution in [3.8, 4) is 22.8 Å². The summed E-state index contributed by atoms with van der Waals surface area (Å²) in [6, 6.07) is 21.0. The molecule has 0 saturated carbocycles. The first-order chi connectivity index (χ1) is 17.5. The first-order valence-corrected chi connectivity index (χ1v) is 11.9. The molecular formula is C24H19ClN6O4S. The fraction of sp³-hybridized carbons (Fsp3) is 0.0833. The van der Waals surface area contributed by atoms with Crippen LogP contribution in [0.3, 0.4) is 0 Å². The van der Waals surface area contributed by atoms with Crippen LogP contribution in [-0.2, 0) is 4.79 Å². The van der Waals surface area contributed by atoms with E-state index in [9.17, 15) is 14.9 Å². The number of methoxy groups -OCH3 is 1. The molecule has 0 fully saturated rings. The lowest BCUT2D eigenvalue weighted by atomic mass is 10.2. The molecule has 4 aromatic rings. The molecule has 1 N–H and O–H groups in total. The van der Waals surface area contributed by atoms with Gasteiger partial charge >= 0.3 is 0 Å². The standard InChI is InChI=1S/C24H19ClN6O4S/c1-35-20-10-7-18(8-11-20)30-23(16-5-3-2-4-6-16)28-29-24(30)36-15-22(32)27-26-14-17-13-19(31(33)34)9-12-21(17)25/h2-14H,15H2,1H3,(H,27,32)/b26-14-. The summed E-state index contributed by atoms with van der Waals surface area (Å²) in [4.78, 5) is 22.8. The molecule has 1 aromatic heterocycles. The maximum Gasteiger partial charge on any atom is 0.270 e. The van der Waals surface area contributed by atoms with Crippen LogP contribution in [0, 0.1) is 10.1 Å². The Morgan fingerprint density at radius 2 is 1.92 bits per heavy atom. The van der Waals surface area contributed by atoms with Gasteiger partial charge < -0.3 is 4.74 Å². The number of carbonyl (C=O) groups excluding carboxylic acids is 1. The van der Waals surface area contributed by atoms with Crippen molar-refractivity contribution >= 4 is 41.2 Å². The van der Waals surface area contributed by atoms with Crippen molar-refractivity contribution < 1.29 is 14.5 Å². The number of nitrogens with zero attached hydrogens (tertiary/aromatic N) is 5. The van der Waals surface area contributed by atoms with E-state index in [0.717, 1.165) is 11.3 Å². The number of nitro benzene ring substituents is 1. The van der Waals surface area contributed by atoms with Crippen LogP contribution in [0.5, 0.6) is 5.75 Å². The molecule has 0 aliphatic rings. The Morgan fingerprint density at radius 1 is 1.17 bits per heavy atom. The monoisotopic (exact) mass is 522 g/mol. The molecule has 4 rings (SSSR count). The zero-order chi connectivity index (χ0) is 25.5. The summed E-state index contributed by atoms with van der Waals surface area (Å²) < 4.78 is 7.11. The van der Waals surface area contributed by atoms with Gasteiger partial charge in [-0.2, -0.15) is 5.10 Å². The molecule has 1 heterocycles. The van der Waals surface area contributed by atoms with Gasteiger partial charge in [0, 0.05) is 34.0 Å². The lowest BCUT2D eigenvalue weighted by Crippen LogP contribution is -2.20. The second kappa shape index (κ2) is 11.5. The number of hydrogen-bond acceptors (Lipinski definition) is 8. The molecule has 0 aliphatic carbocycles. The van der Waals surface area contributed by atoms with Crippen LogP contribution >= 0.6 is 23.4 Å². The molecule has 36 heavy (non-hydrogen) atoms. The van der Waals surface area contributed by atoms with Crippen LogP contribution in [0.15, 0.2) is 83.1 Å². The zero-order valence-electron chi connectivity index (χ0n) is 18.9. The first-order valence-electron chi connectivity index (χ1n) is 10.5. The van der Waals surface area contributed by atoms with Crippen molar-refractivity contribution in [2.75, 3.05) is 12.9 Å². The van der Waals surface area contributed by atoms with E-state index in [0.29, 0.717) is 22.3 Å². The molecule has 182 valence electrons. The number of ether oxygens (including phenoxy) is 1. The summed E-state index contributed by atoms with van der Waals surface area (Å²) in [7, 11) is 1.60. The summed E-state index contributed by atoms with van der Waals surface area (Å²) in [5.41, 5.74) is 4.26. The molecule has 10 nitrogen and oxygen atoms in total. The van der Waals surface area contributed by atoms with Crippen LogP contribution in [0.4, 0.5) is 5.69 Å². The summed E-state index contributed by atoms with van der Waals surface area (Å²) in [6.07, 6.45) is 1.26. The number of rotatable bonds is 9. The highest BCUT2D eigenvalue weighted by Crippen LogP contribution is 2.28. The van der Waals surface area contributed by atoms with Gasteiger partial charge in [0.2, 0.25) is 0 Å². The Labute approximate surface area is 215 Å². The fourth-order valence-corrected chi connectivity index (χ4v) is 4.09. The number of non-ortho nitro benzene ring substituents is 1. The molecule has 0 atom stereocenters. The average Bonchev–Trinajstić information content (AvgIpc) is 3.33. The minimum atomic E-state index is -0.536. The van der Waals surface area contributed by atoms with Crippen molar-refractivity contribution in [1.82, 2.24) is 20.2 Å². The number of aromatic nitrogens is 3. The second-order valence-electron chi connectivity index (χ2n) is 7.25. The maximum absolute atomic E-state index is 12.4. The molecule has 1 amide bonds. The molecule has 0 unspecified atom stereocenters. The Bertz CT molecular complexity index is 1410. The largest absolute Gasteiger partial charge is 0.497 e. The predicted molar refractivity (Wildman–Crippen MR) is 138 cm³/mol. The van der Waals surface area contributed by atoms with Crippen molar-refractivity contribution in [2.24, 2.45) is 5.10 Å². The van der Waals surface area contributed by atoms with Crippen molar-refractivity contribution in [3.63, 3.8) is 0 Å². The lowest BCUT2D eigenvalue weighted by Gasteiger charge is -2.11. The number of hydrogen-bond donors (Lipinski definition) is 1. The highest BCUT2D eigenvalue weighted by molar-refractivity contribution is 7.99. The molecule has 0 bridgehead atoms. The number of carbonyl (C=O) groups is 1. The zero-order valence-corrected chi connectivity index (χ0v) is 20.4. The van der Waals surface area contributed by atoms with Gasteiger partial charge in [-0.05, 0) is 30.3 Å². The topological polar surface area (TPSA) is 125 Å². The number of nitro groups is 1. The summed E-state index contributed by atoms with van der Waals surface area (Å²) >= 11 is 7.24. The highest BCUT2D eigenvalue weighted by atomic mass is 35.5. The van der Waals surface area contributed by atoms with Crippen molar-refractivity contribution in [3.05, 3.63) is 93.5 Å². The fourth-order valence-electron chi connectivity index (χ4n) is 3.18. The van der Waals surface area contributed by atoms with Gasteiger partial charge in [-0.3, -0.25) is 19.5 Å². The minimum absolute atomic E-state index is 0.00306. The van der Waals surface area contributed by atoms with E-state index < -0.39 is 10.8 Å². The summed E-state index contributed by atoms with van der Waals surface area (Å²) in [6.45, 7) is 0. The van der Waals surface area contributed by atoms with Gasteiger partial charge in [-0.25, -0.2) is 5.43 Å². The van der Waals surface area contributed by atoms with Crippen LogP contribution in [0.25, 0.3) is 17.1 Å². The van der Waals surface area contributed by atoms with E-state index in [1.54, 1.807) is 7.11 Å². The lowest BCUT2D eigenvalue weighted by molar-refractivity contribution is -0.384. The quantitative estimate of drug-likeness (QED) is 0.145. The minimum Gasteiger partial charge on any atom is -0.497 e. The van der Waals surface area contributed by atoms with Crippen LogP contribution in [-0.4, -0.2) is 44.7 Å². The smallest absolute Gasteiger partial charge is 0.270 e. The SMILES string of the molecule is COc1ccc(-n2c(SCC(=O)N/N=C\c3cc([N+](=O)[O-])ccc3Cl)nnc2-c2ccccc2)cc1. The Kier molecular flexibility index (Phi) is 7.93. The third kappa shape index (κ3) is 5.88. The van der Waals surface area contributed by atoms with E-state index in [1.807, 2.05) is 59.2 Å². The van der Waals surface area contributed by atoms with Gasteiger partial charge in [0.15, 0.2) is 11.0 Å². The molecule has 0 spiro atoms. The molecular weight excluding hydrogens is 504 g/mol. The van der Waals surface area contributed by atoms with E-state index >= 15 is 0 Å². The molecule has 0 aliphatic heterocycles. The first kappa shape index (κ1) is 24.9. The third-order valence-corrected chi connectivity index (χ3v) is 6.18. The summed E-state index contributed by atoms with van der Waals surface area (Å²) in [5, 5.41) is 24.2. The normalized spacial score (nSPS) is 10.9. The number of benzene rings is 3. The van der Waals surface area contributed by atoms with Crippen LogP contribution in [0.2, 0.25) is 5.02 Å². The number of nitrogens with one attached hydrogen (secondary N) is 1. The number of amides is 1. The summed E-state index contributed by atoms with van der Waals surface area (Å²) in [5.74, 6) is 0.942. The van der Waals surface area contributed by atoms with Crippen molar-refractivity contribution in [2.45, 2.75) is 5.16 Å². The van der Waals surface area contributed by atoms with Crippen LogP contribution in [0.1, 0.15) is 5.56 Å². The van der Waals surface area contributed by atoms with E-state index in [1.165, 1.54) is 36.2 Å². The van der Waals surface area contributed by atoms with E-state index in [4.69, 9.17) is 16.3 Å². The van der Waals surface area contributed by atoms with Gasteiger partial charge in [0.05, 0.1) is 24.0 Å². The van der Waals surface area contributed by atoms with Gasteiger partial charge in [-0.1, -0.05) is 53.7 Å².